The largest absolute Gasteiger partial charge is 0.468 e. The van der Waals surface area contributed by atoms with Crippen LogP contribution in [0.2, 0.25) is 0 Å². The number of esters is 2. The number of halogens is 2. The molecule has 0 fully saturated rings. The monoisotopic (exact) mass is 368 g/mol. The number of hydrogen-bond acceptors (Lipinski definition) is 8. The molecule has 0 saturated heterocycles. The predicted octanol–water partition coefficient (Wildman–Crippen LogP) is 0.992. The fourth-order valence-electron chi connectivity index (χ4n) is 1.01. The first-order valence-corrected chi connectivity index (χ1v) is 7.93. The number of rotatable bonds is 9. The van der Waals surface area contributed by atoms with E-state index >= 15 is 0 Å². The third-order valence-electron chi connectivity index (χ3n) is 2.12. The van der Waals surface area contributed by atoms with E-state index in [0.717, 1.165) is 11.5 Å². The van der Waals surface area contributed by atoms with Crippen molar-refractivity contribution < 1.29 is 19.1 Å². The highest BCUT2D eigenvalue weighted by molar-refractivity contribution is 8.76. The van der Waals surface area contributed by atoms with Crippen molar-refractivity contribution in [3.8, 4) is 0 Å². The minimum absolute atomic E-state index is 0. The van der Waals surface area contributed by atoms with Crippen LogP contribution in [0.15, 0.2) is 0 Å². The van der Waals surface area contributed by atoms with Gasteiger partial charge in [0.15, 0.2) is 0 Å². The van der Waals surface area contributed by atoms with Gasteiger partial charge in [0.25, 0.3) is 0 Å². The summed E-state index contributed by atoms with van der Waals surface area (Å²) in [6, 6.07) is -1.14. The number of carbonyl (C=O) groups excluding carboxylic acids is 2. The Hall–Kier alpha value is 0.140. The van der Waals surface area contributed by atoms with Crippen LogP contribution in [0.25, 0.3) is 0 Å². The second-order valence-electron chi connectivity index (χ2n) is 3.48. The van der Waals surface area contributed by atoms with Crippen LogP contribution in [0.5, 0.6) is 0 Å². The Morgan fingerprint density at radius 2 is 1.20 bits per heavy atom. The molecule has 10 heteroatoms. The molecule has 0 unspecified atom stereocenters. The average Bonchev–Trinajstić information content (AvgIpc) is 2.39. The third kappa shape index (κ3) is 11.9. The number of methoxy groups -OCH3 is 2. The molecule has 0 saturated carbocycles. The van der Waals surface area contributed by atoms with Crippen molar-refractivity contribution in [1.29, 1.82) is 0 Å². The minimum atomic E-state index is -0.569. The molecule has 0 amide bonds. The summed E-state index contributed by atoms with van der Waals surface area (Å²) in [6.07, 6.45) is 1.13. The first-order chi connectivity index (χ1) is 8.52. The summed E-state index contributed by atoms with van der Waals surface area (Å²) in [5.74, 6) is 0.699. The lowest BCUT2D eigenvalue weighted by atomic mass is 10.2. The van der Waals surface area contributed by atoms with E-state index in [0.29, 0.717) is 12.8 Å². The van der Waals surface area contributed by atoms with Crippen molar-refractivity contribution in [3.63, 3.8) is 0 Å². The molecule has 0 aliphatic rings. The van der Waals surface area contributed by atoms with Crippen molar-refractivity contribution in [2.24, 2.45) is 11.5 Å². The highest BCUT2D eigenvalue weighted by Gasteiger charge is 2.14. The topological polar surface area (TPSA) is 105 Å². The molecule has 0 bridgehead atoms. The molecule has 0 aliphatic heterocycles. The van der Waals surface area contributed by atoms with E-state index in [-0.39, 0.29) is 24.8 Å². The molecule has 122 valence electrons. The Kier molecular flexibility index (Phi) is 19.5. The Morgan fingerprint density at radius 1 is 0.900 bits per heavy atom. The normalized spacial score (nSPS) is 12.4. The number of carbonyl (C=O) groups is 2. The van der Waals surface area contributed by atoms with E-state index in [2.05, 4.69) is 9.47 Å². The fraction of sp³-hybridized carbons (Fsp3) is 0.800. The van der Waals surface area contributed by atoms with Gasteiger partial charge in [0.05, 0.1) is 14.2 Å². The molecule has 0 aromatic heterocycles. The highest BCUT2D eigenvalue weighted by atomic mass is 35.5. The fourth-order valence-corrected chi connectivity index (χ4v) is 3.23. The van der Waals surface area contributed by atoms with E-state index in [1.807, 2.05) is 0 Å². The number of ether oxygens (including phenoxy) is 2. The van der Waals surface area contributed by atoms with Crippen LogP contribution in [0.3, 0.4) is 0 Å². The van der Waals surface area contributed by atoms with Crippen LogP contribution in [-0.4, -0.2) is 49.7 Å². The lowest BCUT2D eigenvalue weighted by Crippen LogP contribution is -2.32. The zero-order valence-corrected chi connectivity index (χ0v) is 14.7. The quantitative estimate of drug-likeness (QED) is 0.352. The first kappa shape index (κ1) is 25.1. The van der Waals surface area contributed by atoms with Crippen molar-refractivity contribution in [2.45, 2.75) is 24.9 Å². The van der Waals surface area contributed by atoms with Gasteiger partial charge >= 0.3 is 11.9 Å². The van der Waals surface area contributed by atoms with E-state index in [1.165, 1.54) is 14.2 Å². The molecule has 2 atom stereocenters. The van der Waals surface area contributed by atoms with Gasteiger partial charge in [-0.15, -0.1) is 24.8 Å². The molecule has 0 rings (SSSR count). The zero-order chi connectivity index (χ0) is 14.0. The molecular formula is C10H22Cl2N2O4S2. The molecule has 0 aromatic carbocycles. The lowest BCUT2D eigenvalue weighted by molar-refractivity contribution is -0.143. The summed E-state index contributed by atoms with van der Waals surface area (Å²) in [4.78, 5) is 22.0. The zero-order valence-electron chi connectivity index (χ0n) is 11.4. The van der Waals surface area contributed by atoms with Crippen LogP contribution in [-0.2, 0) is 19.1 Å². The Balaban J connectivity index is -0.00000144. The molecule has 0 radical (unpaired) electrons. The van der Waals surface area contributed by atoms with Gasteiger partial charge in [-0.1, -0.05) is 21.6 Å². The van der Waals surface area contributed by atoms with Crippen LogP contribution < -0.4 is 11.5 Å². The van der Waals surface area contributed by atoms with Gasteiger partial charge in [-0.3, -0.25) is 9.59 Å². The second-order valence-corrected chi connectivity index (χ2v) is 6.18. The third-order valence-corrected chi connectivity index (χ3v) is 4.59. The Bertz CT molecular complexity index is 250. The summed E-state index contributed by atoms with van der Waals surface area (Å²) in [5, 5.41) is 0. The standard InChI is InChI=1S/C10H20N2O4S2.2ClH/c1-15-9(13)7(11)3-5-17-18-6-4-8(12)10(14)16-2;;/h7-8H,3-6,11-12H2,1-2H3;2*1H/t7-,8-;;/m0../s1. The summed E-state index contributed by atoms with van der Waals surface area (Å²) in [6.45, 7) is 0. The van der Waals surface area contributed by atoms with Gasteiger partial charge in [0.1, 0.15) is 12.1 Å². The SMILES string of the molecule is COC(=O)[C@@H](N)CCSSCC[C@H](N)C(=O)OC.Cl.Cl. The molecule has 0 aromatic rings. The number of hydrogen-bond donors (Lipinski definition) is 2. The Labute approximate surface area is 139 Å². The maximum atomic E-state index is 11.0. The van der Waals surface area contributed by atoms with Crippen molar-refractivity contribution in [2.75, 3.05) is 25.7 Å². The van der Waals surface area contributed by atoms with Crippen LogP contribution in [0.1, 0.15) is 12.8 Å². The van der Waals surface area contributed by atoms with Gasteiger partial charge in [0, 0.05) is 11.5 Å². The van der Waals surface area contributed by atoms with Crippen LogP contribution in [0.4, 0.5) is 0 Å². The van der Waals surface area contributed by atoms with Crippen LogP contribution in [0, 0.1) is 0 Å². The average molecular weight is 369 g/mol. The van der Waals surface area contributed by atoms with Crippen molar-refractivity contribution >= 4 is 58.3 Å². The summed E-state index contributed by atoms with van der Waals surface area (Å²) >= 11 is 0. The highest BCUT2D eigenvalue weighted by Crippen LogP contribution is 2.23. The number of nitrogens with two attached hydrogens (primary N) is 2. The Morgan fingerprint density at radius 3 is 1.45 bits per heavy atom. The van der Waals surface area contributed by atoms with Gasteiger partial charge in [-0.2, -0.15) is 0 Å². The van der Waals surface area contributed by atoms with E-state index in [9.17, 15) is 9.59 Å². The molecule has 20 heavy (non-hydrogen) atoms. The van der Waals surface area contributed by atoms with Gasteiger partial charge in [0.2, 0.25) is 0 Å². The predicted molar refractivity (Wildman–Crippen MR) is 88.6 cm³/mol. The first-order valence-electron chi connectivity index (χ1n) is 5.44. The molecule has 0 aliphatic carbocycles. The van der Waals surface area contributed by atoms with Crippen molar-refractivity contribution in [3.05, 3.63) is 0 Å². The molecule has 6 nitrogen and oxygen atoms in total. The van der Waals surface area contributed by atoms with Gasteiger partial charge in [-0.05, 0) is 12.8 Å². The second kappa shape index (κ2) is 15.5. The van der Waals surface area contributed by atoms with Gasteiger partial charge in [-0.25, -0.2) is 0 Å². The van der Waals surface area contributed by atoms with Gasteiger partial charge < -0.3 is 20.9 Å². The maximum Gasteiger partial charge on any atom is 0.322 e. The van der Waals surface area contributed by atoms with Crippen LogP contribution >= 0.6 is 46.4 Å². The smallest absolute Gasteiger partial charge is 0.322 e. The van der Waals surface area contributed by atoms with E-state index in [4.69, 9.17) is 11.5 Å². The lowest BCUT2D eigenvalue weighted by Gasteiger charge is -2.09. The molecular weight excluding hydrogens is 347 g/mol. The maximum absolute atomic E-state index is 11.0. The summed E-state index contributed by atoms with van der Waals surface area (Å²) in [7, 11) is 5.82. The minimum Gasteiger partial charge on any atom is -0.468 e. The molecule has 0 heterocycles. The molecule has 0 spiro atoms. The summed E-state index contributed by atoms with van der Waals surface area (Å²) in [5.41, 5.74) is 11.1. The van der Waals surface area contributed by atoms with E-state index < -0.39 is 24.0 Å². The molecule has 4 N–H and O–H groups in total. The van der Waals surface area contributed by atoms with Crippen molar-refractivity contribution in [1.82, 2.24) is 0 Å². The van der Waals surface area contributed by atoms with E-state index in [1.54, 1.807) is 21.6 Å². The summed E-state index contributed by atoms with van der Waals surface area (Å²) < 4.78 is 9.02.